The number of methoxy groups -OCH3 is 1. The maximum Gasteiger partial charge on any atom is 0.417 e. The standard InChI is InChI=1S/C10H6ClF3N2O2/c1-18-9(17)6(3-15)8-7(11)2-5(4-16-8)10(12,13)14/h2,4,6H,1H3. The van der Waals surface area contributed by atoms with Crippen molar-refractivity contribution in [1.29, 1.82) is 5.26 Å². The van der Waals surface area contributed by atoms with Gasteiger partial charge >= 0.3 is 12.1 Å². The number of esters is 1. The van der Waals surface area contributed by atoms with Gasteiger partial charge in [-0.05, 0) is 6.07 Å². The predicted molar refractivity (Wildman–Crippen MR) is 54.6 cm³/mol. The van der Waals surface area contributed by atoms with E-state index in [1.807, 2.05) is 0 Å². The number of rotatable bonds is 2. The molecule has 1 rings (SSSR count). The van der Waals surface area contributed by atoms with Crippen LogP contribution in [0.15, 0.2) is 12.3 Å². The number of hydrogen-bond donors (Lipinski definition) is 0. The molecule has 0 N–H and O–H groups in total. The zero-order valence-corrected chi connectivity index (χ0v) is 9.71. The van der Waals surface area contributed by atoms with Gasteiger partial charge in [-0.2, -0.15) is 18.4 Å². The number of carbonyl (C=O) groups is 1. The fourth-order valence-electron chi connectivity index (χ4n) is 1.16. The van der Waals surface area contributed by atoms with Crippen LogP contribution in [-0.4, -0.2) is 18.1 Å². The molecule has 1 heterocycles. The second-order valence-electron chi connectivity index (χ2n) is 3.17. The Morgan fingerprint density at radius 1 is 1.61 bits per heavy atom. The molecule has 0 bridgehead atoms. The Hall–Kier alpha value is -1.81. The van der Waals surface area contributed by atoms with Crippen molar-refractivity contribution in [3.63, 3.8) is 0 Å². The number of alkyl halides is 3. The van der Waals surface area contributed by atoms with Gasteiger partial charge in [-0.25, -0.2) is 0 Å². The van der Waals surface area contributed by atoms with E-state index in [0.717, 1.165) is 7.11 Å². The van der Waals surface area contributed by atoms with Gasteiger partial charge < -0.3 is 4.74 Å². The monoisotopic (exact) mass is 278 g/mol. The molecular weight excluding hydrogens is 273 g/mol. The molecule has 96 valence electrons. The topological polar surface area (TPSA) is 63.0 Å². The summed E-state index contributed by atoms with van der Waals surface area (Å²) in [6.45, 7) is 0. The van der Waals surface area contributed by atoms with Gasteiger partial charge in [-0.1, -0.05) is 11.6 Å². The molecule has 0 saturated heterocycles. The molecule has 0 aromatic carbocycles. The Balaban J connectivity index is 3.21. The number of ether oxygens (including phenoxy) is 1. The Labute approximate surface area is 105 Å². The molecule has 0 radical (unpaired) electrons. The van der Waals surface area contributed by atoms with Gasteiger partial charge in [-0.3, -0.25) is 9.78 Å². The summed E-state index contributed by atoms with van der Waals surface area (Å²) in [5, 5.41) is 8.35. The lowest BCUT2D eigenvalue weighted by atomic mass is 10.1. The van der Waals surface area contributed by atoms with E-state index in [9.17, 15) is 18.0 Å². The molecule has 1 aromatic rings. The molecule has 1 aromatic heterocycles. The summed E-state index contributed by atoms with van der Waals surface area (Å²) >= 11 is 5.59. The van der Waals surface area contributed by atoms with Gasteiger partial charge in [0.05, 0.1) is 29.5 Å². The first-order valence-corrected chi connectivity index (χ1v) is 4.89. The number of nitrogens with zero attached hydrogens (tertiary/aromatic N) is 2. The highest BCUT2D eigenvalue weighted by atomic mass is 35.5. The van der Waals surface area contributed by atoms with Crippen molar-refractivity contribution < 1.29 is 22.7 Å². The molecule has 0 fully saturated rings. The molecule has 0 spiro atoms. The zero-order chi connectivity index (χ0) is 13.9. The maximum absolute atomic E-state index is 12.4. The molecule has 0 amide bonds. The number of pyridine rings is 1. The quantitative estimate of drug-likeness (QED) is 0.780. The lowest BCUT2D eigenvalue weighted by Crippen LogP contribution is -2.15. The van der Waals surface area contributed by atoms with E-state index in [2.05, 4.69) is 9.72 Å². The largest absolute Gasteiger partial charge is 0.468 e. The van der Waals surface area contributed by atoms with Crippen molar-refractivity contribution in [1.82, 2.24) is 4.98 Å². The van der Waals surface area contributed by atoms with Crippen LogP contribution >= 0.6 is 11.6 Å². The maximum atomic E-state index is 12.4. The van der Waals surface area contributed by atoms with Crippen molar-refractivity contribution >= 4 is 17.6 Å². The first kappa shape index (κ1) is 14.3. The molecule has 0 aliphatic heterocycles. The fourth-order valence-corrected chi connectivity index (χ4v) is 1.43. The van der Waals surface area contributed by atoms with E-state index in [4.69, 9.17) is 16.9 Å². The number of nitriles is 1. The first-order chi connectivity index (χ1) is 8.31. The van der Waals surface area contributed by atoms with E-state index in [1.54, 1.807) is 6.07 Å². The van der Waals surface area contributed by atoms with Crippen LogP contribution in [0.3, 0.4) is 0 Å². The molecule has 0 aliphatic rings. The molecule has 18 heavy (non-hydrogen) atoms. The van der Waals surface area contributed by atoms with Crippen molar-refractivity contribution in [3.8, 4) is 6.07 Å². The summed E-state index contributed by atoms with van der Waals surface area (Å²) in [7, 11) is 1.05. The molecule has 8 heteroatoms. The predicted octanol–water partition coefficient (Wildman–Crippen LogP) is 2.53. The molecule has 0 aliphatic carbocycles. The summed E-state index contributed by atoms with van der Waals surface area (Å²) in [4.78, 5) is 14.6. The summed E-state index contributed by atoms with van der Waals surface area (Å²) in [6, 6.07) is 2.17. The minimum atomic E-state index is -4.59. The van der Waals surface area contributed by atoms with Gasteiger partial charge in [0.15, 0.2) is 5.92 Å². The third kappa shape index (κ3) is 2.90. The number of halogens is 4. The molecule has 4 nitrogen and oxygen atoms in total. The van der Waals surface area contributed by atoms with Gasteiger partial charge in [0.2, 0.25) is 0 Å². The Bertz CT molecular complexity index is 511. The first-order valence-electron chi connectivity index (χ1n) is 4.51. The van der Waals surface area contributed by atoms with Crippen LogP contribution < -0.4 is 0 Å². The fraction of sp³-hybridized carbons (Fsp3) is 0.300. The molecule has 0 saturated carbocycles. The average molecular weight is 279 g/mol. The number of aromatic nitrogens is 1. The third-order valence-electron chi connectivity index (χ3n) is 2.04. The number of carbonyl (C=O) groups excluding carboxylic acids is 1. The van der Waals surface area contributed by atoms with Gasteiger partial charge in [0.25, 0.3) is 0 Å². The highest BCUT2D eigenvalue weighted by Gasteiger charge is 2.33. The SMILES string of the molecule is COC(=O)C(C#N)c1ncc(C(F)(F)F)cc1Cl. The van der Waals surface area contributed by atoms with Crippen molar-refractivity contribution in [2.24, 2.45) is 0 Å². The lowest BCUT2D eigenvalue weighted by molar-refractivity contribution is -0.141. The highest BCUT2D eigenvalue weighted by molar-refractivity contribution is 6.31. The van der Waals surface area contributed by atoms with E-state index >= 15 is 0 Å². The summed E-state index contributed by atoms with van der Waals surface area (Å²) in [5.74, 6) is -2.39. The minimum absolute atomic E-state index is 0.265. The third-order valence-corrected chi connectivity index (χ3v) is 2.34. The molecular formula is C10H6ClF3N2O2. The Kier molecular flexibility index (Phi) is 4.14. The molecule has 1 unspecified atom stereocenters. The molecule has 1 atom stereocenters. The van der Waals surface area contributed by atoms with E-state index in [1.165, 1.54) is 0 Å². The van der Waals surface area contributed by atoms with E-state index < -0.39 is 28.6 Å². The van der Waals surface area contributed by atoms with E-state index in [0.29, 0.717) is 12.3 Å². The normalized spacial score (nSPS) is 12.7. The van der Waals surface area contributed by atoms with E-state index in [-0.39, 0.29) is 5.69 Å². The Morgan fingerprint density at radius 2 is 2.22 bits per heavy atom. The van der Waals surface area contributed by atoms with Crippen LogP contribution in [0.2, 0.25) is 5.02 Å². The van der Waals surface area contributed by atoms with Crippen LogP contribution in [0.25, 0.3) is 0 Å². The van der Waals surface area contributed by atoms with Crippen LogP contribution in [0.1, 0.15) is 17.2 Å². The summed E-state index contributed by atoms with van der Waals surface area (Å²) in [6.07, 6.45) is -4.09. The summed E-state index contributed by atoms with van der Waals surface area (Å²) in [5.41, 5.74) is -1.32. The summed E-state index contributed by atoms with van der Waals surface area (Å²) < 4.78 is 41.4. The zero-order valence-electron chi connectivity index (χ0n) is 8.95. The van der Waals surface area contributed by atoms with Crippen LogP contribution in [0.4, 0.5) is 13.2 Å². The minimum Gasteiger partial charge on any atom is -0.468 e. The Morgan fingerprint density at radius 3 is 2.61 bits per heavy atom. The second kappa shape index (κ2) is 5.23. The van der Waals surface area contributed by atoms with Gasteiger partial charge in [-0.15, -0.1) is 0 Å². The van der Waals surface area contributed by atoms with Crippen LogP contribution in [0, 0.1) is 11.3 Å². The second-order valence-corrected chi connectivity index (χ2v) is 3.58. The lowest BCUT2D eigenvalue weighted by Gasteiger charge is -2.11. The van der Waals surface area contributed by atoms with Crippen molar-refractivity contribution in [2.45, 2.75) is 12.1 Å². The smallest absolute Gasteiger partial charge is 0.417 e. The van der Waals surface area contributed by atoms with Gasteiger partial charge in [0, 0.05) is 6.20 Å². The van der Waals surface area contributed by atoms with Gasteiger partial charge in [0.1, 0.15) is 0 Å². The van der Waals surface area contributed by atoms with Crippen LogP contribution in [0.5, 0.6) is 0 Å². The van der Waals surface area contributed by atoms with Crippen molar-refractivity contribution in [3.05, 3.63) is 28.5 Å². The van der Waals surface area contributed by atoms with Crippen molar-refractivity contribution in [2.75, 3.05) is 7.11 Å². The number of hydrogen-bond acceptors (Lipinski definition) is 4. The van der Waals surface area contributed by atoms with Crippen LogP contribution in [-0.2, 0) is 15.7 Å². The highest BCUT2D eigenvalue weighted by Crippen LogP contribution is 2.32. The average Bonchev–Trinajstić information content (AvgIpc) is 2.30.